The minimum absolute atomic E-state index is 0.711. The van der Waals surface area contributed by atoms with E-state index < -0.39 is 7.38 Å². The van der Waals surface area contributed by atoms with Crippen LogP contribution >= 0.6 is 22.7 Å². The van der Waals surface area contributed by atoms with Crippen LogP contribution in [0.3, 0.4) is 0 Å². The summed E-state index contributed by atoms with van der Waals surface area (Å²) in [5.74, 6) is 0.711. The molecule has 0 nitrogen and oxygen atoms in total. The predicted molar refractivity (Wildman–Crippen MR) is 38.9 cm³/mol. The molecule has 0 radical (unpaired) electrons. The van der Waals surface area contributed by atoms with E-state index in [-0.39, 0.29) is 0 Å². The molecule has 0 atom stereocenters. The normalized spacial score (nSPS) is 12.0. The second-order valence-electron chi connectivity index (χ2n) is 2.16. The van der Waals surface area contributed by atoms with E-state index >= 15 is 0 Å². The first-order valence-corrected chi connectivity index (χ1v) is 7.06. The van der Waals surface area contributed by atoms with E-state index in [2.05, 4.69) is 13.1 Å². The van der Waals surface area contributed by atoms with Crippen molar-refractivity contribution in [3.8, 4) is 0 Å². The van der Waals surface area contributed by atoms with Crippen LogP contribution in [0.5, 0.6) is 0 Å². The van der Waals surface area contributed by atoms with E-state index in [1.54, 1.807) is 0 Å². The molecule has 0 N–H and O–H groups in total. The van der Waals surface area contributed by atoms with Crippen molar-refractivity contribution in [2.75, 3.05) is 5.88 Å². The fourth-order valence-electron chi connectivity index (χ4n) is 0.225. The van der Waals surface area contributed by atoms with Crippen molar-refractivity contribution in [2.24, 2.45) is 0 Å². The molecule has 0 saturated heterocycles. The summed E-state index contributed by atoms with van der Waals surface area (Å²) in [5, 5.41) is 0. The van der Waals surface area contributed by atoms with Crippen LogP contribution in [0.15, 0.2) is 0 Å². The summed E-state index contributed by atoms with van der Waals surface area (Å²) in [4.78, 5) is 0. The molecule has 0 bridgehead atoms. The molecule has 0 spiro atoms. The van der Waals surface area contributed by atoms with Crippen LogP contribution < -0.4 is 0 Å². The lowest BCUT2D eigenvalue weighted by molar-refractivity contribution is 1.41. The lowest BCUT2D eigenvalue weighted by Crippen LogP contribution is -2.15. The molecule has 0 aliphatic rings. The minimum atomic E-state index is -1.32. The zero-order valence-corrected chi connectivity index (χ0v) is 7.18. The Kier molecular flexibility index (Phi) is 3.29. The van der Waals surface area contributed by atoms with Crippen LogP contribution in [0.25, 0.3) is 0 Å². The zero-order chi connectivity index (χ0) is 5.91. The summed E-state index contributed by atoms with van der Waals surface area (Å²) in [6.45, 7) is 4.19. The number of hydrogen-bond acceptors (Lipinski definition) is 0. The minimum Gasteiger partial charge on any atom is -0.168 e. The molecular formula is C4H10Cl2Si. The number of rotatable bonds is 2. The van der Waals surface area contributed by atoms with Gasteiger partial charge in [-0.2, -0.15) is 11.1 Å². The molecule has 0 amide bonds. The van der Waals surface area contributed by atoms with Gasteiger partial charge in [0.05, 0.1) is 0 Å². The Morgan fingerprint density at radius 3 is 1.86 bits per heavy atom. The third kappa shape index (κ3) is 6.80. The predicted octanol–water partition coefficient (Wildman–Crippen LogP) is 2.67. The fraction of sp³-hybridized carbons (Fsp3) is 1.00. The first-order valence-electron chi connectivity index (χ1n) is 2.31. The van der Waals surface area contributed by atoms with Gasteiger partial charge in [-0.05, 0) is 6.04 Å². The van der Waals surface area contributed by atoms with Crippen LogP contribution in [-0.4, -0.2) is 13.3 Å². The van der Waals surface area contributed by atoms with Crippen molar-refractivity contribution in [3.05, 3.63) is 0 Å². The highest BCUT2D eigenvalue weighted by atomic mass is 35.6. The number of hydrogen-bond donors (Lipinski definition) is 0. The van der Waals surface area contributed by atoms with Gasteiger partial charge in [0.25, 0.3) is 0 Å². The maximum Gasteiger partial charge on any atom is 0.151 e. The molecule has 3 heteroatoms. The summed E-state index contributed by atoms with van der Waals surface area (Å²) in [6, 6.07) is 1.01. The summed E-state index contributed by atoms with van der Waals surface area (Å²) in [6.07, 6.45) is 0. The van der Waals surface area contributed by atoms with E-state index in [4.69, 9.17) is 22.7 Å². The molecule has 0 aromatic heterocycles. The van der Waals surface area contributed by atoms with Gasteiger partial charge < -0.3 is 0 Å². The monoisotopic (exact) mass is 156 g/mol. The second kappa shape index (κ2) is 2.95. The molecule has 0 saturated carbocycles. The van der Waals surface area contributed by atoms with E-state index in [1.807, 2.05) is 0 Å². The summed E-state index contributed by atoms with van der Waals surface area (Å²) < 4.78 is 0. The highest BCUT2D eigenvalue weighted by Gasteiger charge is 2.14. The first-order chi connectivity index (χ1) is 3.06. The Morgan fingerprint density at radius 2 is 1.86 bits per heavy atom. The van der Waals surface area contributed by atoms with Crippen molar-refractivity contribution >= 4 is 30.1 Å². The third-order valence-corrected chi connectivity index (χ3v) is 3.20. The van der Waals surface area contributed by atoms with Gasteiger partial charge in [0.1, 0.15) is 0 Å². The van der Waals surface area contributed by atoms with Crippen molar-refractivity contribution in [1.29, 1.82) is 0 Å². The fourth-order valence-corrected chi connectivity index (χ4v) is 2.67. The quantitative estimate of drug-likeness (QED) is 0.328. The Bertz CT molecular complexity index is 48.1. The standard InChI is InChI=1S/C4H10Cl2Si/c1-7(2,6)4-3-5/h3-4H2,1-2H3. The maximum atomic E-state index is 5.89. The lowest BCUT2D eigenvalue weighted by atomic mass is 11.0. The Morgan fingerprint density at radius 1 is 1.43 bits per heavy atom. The molecule has 0 aliphatic heterocycles. The Hall–Kier alpha value is 0.797. The average molecular weight is 157 g/mol. The van der Waals surface area contributed by atoms with Gasteiger partial charge in [-0.25, -0.2) is 0 Å². The van der Waals surface area contributed by atoms with Crippen molar-refractivity contribution < 1.29 is 0 Å². The molecule has 44 valence electrons. The van der Waals surface area contributed by atoms with Crippen molar-refractivity contribution in [2.45, 2.75) is 19.1 Å². The average Bonchev–Trinajstić information content (AvgIpc) is 1.30. The van der Waals surface area contributed by atoms with Gasteiger partial charge in [0.15, 0.2) is 7.38 Å². The highest BCUT2D eigenvalue weighted by molar-refractivity contribution is 7.19. The van der Waals surface area contributed by atoms with Crippen LogP contribution in [0.2, 0.25) is 19.1 Å². The van der Waals surface area contributed by atoms with Crippen LogP contribution in [-0.2, 0) is 0 Å². The van der Waals surface area contributed by atoms with Crippen LogP contribution in [0.4, 0.5) is 0 Å². The van der Waals surface area contributed by atoms with Crippen molar-refractivity contribution in [1.82, 2.24) is 0 Å². The molecule has 0 aliphatic carbocycles. The summed E-state index contributed by atoms with van der Waals surface area (Å²) in [7, 11) is -1.32. The van der Waals surface area contributed by atoms with Gasteiger partial charge in [-0.3, -0.25) is 0 Å². The lowest BCUT2D eigenvalue weighted by Gasteiger charge is -2.07. The zero-order valence-electron chi connectivity index (χ0n) is 4.67. The van der Waals surface area contributed by atoms with Gasteiger partial charge in [0.2, 0.25) is 0 Å². The topological polar surface area (TPSA) is 0 Å². The Labute approximate surface area is 55.5 Å². The Balaban J connectivity index is 3.15. The van der Waals surface area contributed by atoms with Gasteiger partial charge in [0, 0.05) is 5.88 Å². The molecule has 0 aromatic rings. The molecule has 7 heavy (non-hydrogen) atoms. The van der Waals surface area contributed by atoms with E-state index in [9.17, 15) is 0 Å². The van der Waals surface area contributed by atoms with E-state index in [1.165, 1.54) is 0 Å². The first kappa shape index (κ1) is 7.80. The van der Waals surface area contributed by atoms with Gasteiger partial charge in [-0.1, -0.05) is 13.1 Å². The SMILES string of the molecule is C[Si](C)(Cl)CCCl. The second-order valence-corrected chi connectivity index (χ2v) is 9.54. The number of alkyl halides is 1. The molecule has 0 unspecified atom stereocenters. The smallest absolute Gasteiger partial charge is 0.151 e. The molecule has 0 aromatic carbocycles. The van der Waals surface area contributed by atoms with Crippen molar-refractivity contribution in [3.63, 3.8) is 0 Å². The molecule has 0 rings (SSSR count). The molecule has 0 heterocycles. The van der Waals surface area contributed by atoms with Gasteiger partial charge in [-0.15, -0.1) is 11.6 Å². The molecular weight excluding hydrogens is 147 g/mol. The number of halogens is 2. The summed E-state index contributed by atoms with van der Waals surface area (Å²) in [5.41, 5.74) is 0. The largest absolute Gasteiger partial charge is 0.168 e. The molecule has 0 fully saturated rings. The van der Waals surface area contributed by atoms with Gasteiger partial charge >= 0.3 is 0 Å². The van der Waals surface area contributed by atoms with Crippen LogP contribution in [0.1, 0.15) is 0 Å². The van der Waals surface area contributed by atoms with E-state index in [0.29, 0.717) is 5.88 Å². The van der Waals surface area contributed by atoms with Crippen LogP contribution in [0, 0.1) is 0 Å². The van der Waals surface area contributed by atoms with E-state index in [0.717, 1.165) is 6.04 Å². The summed E-state index contributed by atoms with van der Waals surface area (Å²) >= 11 is 11.3. The highest BCUT2D eigenvalue weighted by Crippen LogP contribution is 2.13. The maximum absolute atomic E-state index is 5.89. The third-order valence-electron chi connectivity index (χ3n) is 0.689.